The van der Waals surface area contributed by atoms with Crippen LogP contribution in [-0.4, -0.2) is 42.3 Å². The molecule has 2 aromatic carbocycles. The van der Waals surface area contributed by atoms with Crippen molar-refractivity contribution in [1.29, 1.82) is 0 Å². The molecule has 2 aliphatic rings. The zero-order valence-corrected chi connectivity index (χ0v) is 19.2. The molecule has 0 radical (unpaired) electrons. The molecule has 4 rings (SSSR count). The van der Waals surface area contributed by atoms with E-state index in [2.05, 4.69) is 15.9 Å². The number of benzene rings is 2. The highest BCUT2D eigenvalue weighted by molar-refractivity contribution is 9.10. The van der Waals surface area contributed by atoms with Crippen molar-refractivity contribution < 1.29 is 14.4 Å². The maximum atomic E-state index is 13.3. The number of carbonyl (C=O) groups is 3. The highest BCUT2D eigenvalue weighted by Gasteiger charge is 2.33. The number of rotatable bonds is 4. The molecule has 1 saturated heterocycles. The van der Waals surface area contributed by atoms with Gasteiger partial charge >= 0.3 is 0 Å². The Morgan fingerprint density at radius 2 is 1.87 bits per heavy atom. The van der Waals surface area contributed by atoms with E-state index in [1.807, 2.05) is 54.6 Å². The Hall–Kier alpha value is -2.58. The van der Waals surface area contributed by atoms with Gasteiger partial charge in [-0.3, -0.25) is 19.3 Å². The zero-order chi connectivity index (χ0) is 22.0. The van der Waals surface area contributed by atoms with Crippen molar-refractivity contribution in [2.75, 3.05) is 24.5 Å². The first-order valence-electron chi connectivity index (χ1n) is 10.1. The van der Waals surface area contributed by atoms with Crippen molar-refractivity contribution in [2.45, 2.75) is 17.7 Å². The minimum absolute atomic E-state index is 0.0343. The summed E-state index contributed by atoms with van der Waals surface area (Å²) in [6, 6.07) is 15.3. The number of hydrogen-bond donors (Lipinski definition) is 1. The predicted molar refractivity (Wildman–Crippen MR) is 125 cm³/mol. The average molecular weight is 500 g/mol. The smallest absolute Gasteiger partial charge is 0.265 e. The Bertz CT molecular complexity index is 1060. The fraction of sp³-hybridized carbons (Fsp3) is 0.261. The first-order chi connectivity index (χ1) is 14.9. The summed E-state index contributed by atoms with van der Waals surface area (Å²) in [5, 5.41) is 0. The molecule has 1 fully saturated rings. The Labute approximate surface area is 193 Å². The number of piperidine rings is 1. The number of primary amides is 1. The summed E-state index contributed by atoms with van der Waals surface area (Å²) in [4.78, 5) is 42.5. The standard InChI is InChI=1S/C23H22BrN3O3S/c24-17-5-3-4-15(12-17)13-20-23(30)27(18-6-1-2-7-19(18)31-20)14-21(28)26-10-8-16(9-11-26)22(25)29/h1-7,12-13,16H,8-11,14H2,(H2,25,29)/b20-13+. The molecule has 0 saturated carbocycles. The molecule has 2 aliphatic heterocycles. The van der Waals surface area contributed by atoms with Gasteiger partial charge in [-0.25, -0.2) is 0 Å². The van der Waals surface area contributed by atoms with Crippen LogP contribution in [0.2, 0.25) is 0 Å². The van der Waals surface area contributed by atoms with Crippen LogP contribution in [0.1, 0.15) is 18.4 Å². The lowest BCUT2D eigenvalue weighted by Crippen LogP contribution is -2.48. The normalized spacial score (nSPS) is 18.2. The van der Waals surface area contributed by atoms with Gasteiger partial charge in [-0.1, -0.05) is 52.0 Å². The molecule has 160 valence electrons. The number of nitrogens with two attached hydrogens (primary N) is 1. The molecule has 0 aliphatic carbocycles. The second-order valence-electron chi connectivity index (χ2n) is 7.58. The Morgan fingerprint density at radius 3 is 2.58 bits per heavy atom. The number of para-hydroxylation sites is 1. The highest BCUT2D eigenvalue weighted by Crippen LogP contribution is 2.42. The number of likely N-dealkylation sites (tertiary alicyclic amines) is 1. The van der Waals surface area contributed by atoms with Crippen molar-refractivity contribution in [3.8, 4) is 0 Å². The zero-order valence-electron chi connectivity index (χ0n) is 16.8. The van der Waals surface area contributed by atoms with Crippen molar-refractivity contribution in [2.24, 2.45) is 11.7 Å². The van der Waals surface area contributed by atoms with Crippen LogP contribution in [-0.2, 0) is 14.4 Å². The first kappa shape index (κ1) is 21.6. The van der Waals surface area contributed by atoms with Crippen LogP contribution in [0.15, 0.2) is 62.8 Å². The molecular weight excluding hydrogens is 478 g/mol. The molecule has 8 heteroatoms. The molecule has 2 N–H and O–H groups in total. The van der Waals surface area contributed by atoms with Crippen LogP contribution in [0, 0.1) is 5.92 Å². The van der Waals surface area contributed by atoms with E-state index >= 15 is 0 Å². The molecule has 3 amide bonds. The maximum Gasteiger partial charge on any atom is 0.265 e. The van der Waals surface area contributed by atoms with Crippen molar-refractivity contribution in [3.05, 3.63) is 63.5 Å². The summed E-state index contributed by atoms with van der Waals surface area (Å²) in [6.07, 6.45) is 2.98. The molecule has 31 heavy (non-hydrogen) atoms. The largest absolute Gasteiger partial charge is 0.369 e. The first-order valence-corrected chi connectivity index (χ1v) is 11.7. The fourth-order valence-electron chi connectivity index (χ4n) is 3.82. The molecule has 0 unspecified atom stereocenters. The molecule has 2 heterocycles. The van der Waals surface area contributed by atoms with Gasteiger partial charge in [-0.2, -0.15) is 0 Å². The van der Waals surface area contributed by atoms with Crippen LogP contribution >= 0.6 is 27.7 Å². The van der Waals surface area contributed by atoms with Gasteiger partial charge in [0, 0.05) is 28.4 Å². The van der Waals surface area contributed by atoms with Crippen molar-refractivity contribution in [1.82, 2.24) is 4.90 Å². The predicted octanol–water partition coefficient (Wildman–Crippen LogP) is 3.65. The van der Waals surface area contributed by atoms with E-state index in [4.69, 9.17) is 5.73 Å². The van der Waals surface area contributed by atoms with Gasteiger partial charge < -0.3 is 10.6 Å². The number of amides is 3. The van der Waals surface area contributed by atoms with Crippen LogP contribution < -0.4 is 10.6 Å². The van der Waals surface area contributed by atoms with Crippen LogP contribution in [0.4, 0.5) is 5.69 Å². The van der Waals surface area contributed by atoms with E-state index in [1.54, 1.807) is 9.80 Å². The van der Waals surface area contributed by atoms with E-state index < -0.39 is 0 Å². The van der Waals surface area contributed by atoms with E-state index in [0.29, 0.717) is 30.8 Å². The van der Waals surface area contributed by atoms with Gasteiger partial charge in [0.15, 0.2) is 0 Å². The van der Waals surface area contributed by atoms with Gasteiger partial charge in [0.25, 0.3) is 5.91 Å². The van der Waals surface area contributed by atoms with Crippen LogP contribution in [0.25, 0.3) is 6.08 Å². The summed E-state index contributed by atoms with van der Waals surface area (Å²) < 4.78 is 0.932. The molecule has 0 aromatic heterocycles. The number of thioether (sulfide) groups is 1. The highest BCUT2D eigenvalue weighted by atomic mass is 79.9. The third-order valence-corrected chi connectivity index (χ3v) is 7.09. The van der Waals surface area contributed by atoms with Crippen molar-refractivity contribution in [3.63, 3.8) is 0 Å². The van der Waals surface area contributed by atoms with Gasteiger partial charge in [-0.05, 0) is 48.7 Å². The van der Waals surface area contributed by atoms with Gasteiger partial charge in [-0.15, -0.1) is 0 Å². The van der Waals surface area contributed by atoms with E-state index in [9.17, 15) is 14.4 Å². The summed E-state index contributed by atoms with van der Waals surface area (Å²) in [5.74, 6) is -0.812. The lowest BCUT2D eigenvalue weighted by molar-refractivity contribution is -0.134. The SMILES string of the molecule is NC(=O)C1CCN(C(=O)CN2C(=O)/C(=C\c3cccc(Br)c3)Sc3ccccc32)CC1. The minimum Gasteiger partial charge on any atom is -0.369 e. The number of anilines is 1. The second-order valence-corrected chi connectivity index (χ2v) is 9.58. The van der Waals surface area contributed by atoms with E-state index in [-0.39, 0.29) is 30.2 Å². The second kappa shape index (κ2) is 9.28. The topological polar surface area (TPSA) is 83.7 Å². The van der Waals surface area contributed by atoms with E-state index in [1.165, 1.54) is 11.8 Å². The van der Waals surface area contributed by atoms with Gasteiger partial charge in [0.1, 0.15) is 6.54 Å². The summed E-state index contributed by atoms with van der Waals surface area (Å²) in [6.45, 7) is 0.921. The Kier molecular flexibility index (Phi) is 6.48. The Morgan fingerprint density at radius 1 is 1.13 bits per heavy atom. The third kappa shape index (κ3) is 4.85. The molecular formula is C23H22BrN3O3S. The minimum atomic E-state index is -0.313. The summed E-state index contributed by atoms with van der Waals surface area (Å²) in [5.41, 5.74) is 7.04. The quantitative estimate of drug-likeness (QED) is 0.650. The van der Waals surface area contributed by atoms with Gasteiger partial charge in [0.05, 0.1) is 10.6 Å². The Balaban J connectivity index is 1.56. The van der Waals surface area contributed by atoms with Crippen molar-refractivity contribution >= 4 is 57.2 Å². The van der Waals surface area contributed by atoms with Crippen LogP contribution in [0.3, 0.4) is 0 Å². The lowest BCUT2D eigenvalue weighted by atomic mass is 9.96. The van der Waals surface area contributed by atoms with Gasteiger partial charge in [0.2, 0.25) is 11.8 Å². The molecule has 6 nitrogen and oxygen atoms in total. The number of fused-ring (bicyclic) bond motifs is 1. The molecule has 0 spiro atoms. The number of nitrogens with zero attached hydrogens (tertiary/aromatic N) is 2. The maximum absolute atomic E-state index is 13.3. The number of halogens is 1. The third-order valence-electron chi connectivity index (χ3n) is 5.52. The molecule has 0 bridgehead atoms. The lowest BCUT2D eigenvalue weighted by Gasteiger charge is -2.34. The number of hydrogen-bond acceptors (Lipinski definition) is 4. The summed E-state index contributed by atoms with van der Waals surface area (Å²) in [7, 11) is 0. The number of carbonyl (C=O) groups excluding carboxylic acids is 3. The molecule has 2 aromatic rings. The monoisotopic (exact) mass is 499 g/mol. The van der Waals surface area contributed by atoms with Crippen LogP contribution in [0.5, 0.6) is 0 Å². The average Bonchev–Trinajstić information content (AvgIpc) is 2.76. The summed E-state index contributed by atoms with van der Waals surface area (Å²) >= 11 is 4.87. The van der Waals surface area contributed by atoms with E-state index in [0.717, 1.165) is 20.6 Å². The molecule has 0 atom stereocenters. The fourth-order valence-corrected chi connectivity index (χ4v) is 5.29.